The number of carbonyl (C=O) groups excluding carboxylic acids is 1. The smallest absolute Gasteiger partial charge is 0.348 e. The molecule has 8 heteroatoms. The average Bonchev–Trinajstić information content (AvgIpc) is 3.06. The van der Waals surface area contributed by atoms with Crippen LogP contribution in [-0.4, -0.2) is 27.5 Å². The minimum absolute atomic E-state index is 0.180. The second-order valence-corrected chi connectivity index (χ2v) is 9.09. The third-order valence-electron chi connectivity index (χ3n) is 3.89. The maximum Gasteiger partial charge on any atom is 0.348 e. The van der Waals surface area contributed by atoms with Gasteiger partial charge in [0.25, 0.3) is 0 Å². The number of rotatable bonds is 7. The van der Waals surface area contributed by atoms with Gasteiger partial charge in [-0.1, -0.05) is 23.7 Å². The van der Waals surface area contributed by atoms with Gasteiger partial charge in [-0.3, -0.25) is 0 Å². The van der Waals surface area contributed by atoms with E-state index in [0.29, 0.717) is 22.9 Å². The molecule has 2 aromatic carbocycles. The number of nitrogens with one attached hydrogen (secondary N) is 1. The van der Waals surface area contributed by atoms with Crippen molar-refractivity contribution in [1.29, 1.82) is 0 Å². The van der Waals surface area contributed by atoms with Crippen molar-refractivity contribution in [2.45, 2.75) is 18.2 Å². The summed E-state index contributed by atoms with van der Waals surface area (Å²) in [5.74, 6) is -0.323. The van der Waals surface area contributed by atoms with Crippen LogP contribution < -0.4 is 4.72 Å². The molecule has 0 aliphatic heterocycles. The normalized spacial score (nSPS) is 11.6. The first kappa shape index (κ1) is 19.8. The van der Waals surface area contributed by atoms with E-state index >= 15 is 0 Å². The van der Waals surface area contributed by atoms with E-state index in [0.717, 1.165) is 15.6 Å². The molecule has 0 fully saturated rings. The van der Waals surface area contributed by atoms with Crippen molar-refractivity contribution in [2.24, 2.45) is 0 Å². The van der Waals surface area contributed by atoms with E-state index < -0.39 is 10.0 Å². The number of sulfonamides is 1. The van der Waals surface area contributed by atoms with Gasteiger partial charge in [0.1, 0.15) is 4.88 Å². The van der Waals surface area contributed by atoms with Crippen molar-refractivity contribution in [1.82, 2.24) is 4.72 Å². The fourth-order valence-corrected chi connectivity index (χ4v) is 4.67. The maximum absolute atomic E-state index is 12.3. The minimum atomic E-state index is -3.57. The second-order valence-electron chi connectivity index (χ2n) is 5.80. The van der Waals surface area contributed by atoms with Crippen molar-refractivity contribution >= 4 is 49.0 Å². The van der Waals surface area contributed by atoms with E-state index in [4.69, 9.17) is 16.3 Å². The number of carbonyl (C=O) groups is 1. The Morgan fingerprint density at radius 1 is 1.15 bits per heavy atom. The summed E-state index contributed by atoms with van der Waals surface area (Å²) < 4.78 is 33.2. The Balaban J connectivity index is 1.66. The number of benzene rings is 2. The van der Waals surface area contributed by atoms with Crippen molar-refractivity contribution < 1.29 is 17.9 Å². The number of hydrogen-bond donors (Lipinski definition) is 1. The third-order valence-corrected chi connectivity index (χ3v) is 6.71. The van der Waals surface area contributed by atoms with E-state index in [2.05, 4.69) is 4.72 Å². The van der Waals surface area contributed by atoms with Crippen LogP contribution >= 0.6 is 22.9 Å². The van der Waals surface area contributed by atoms with E-state index in [1.807, 2.05) is 18.2 Å². The van der Waals surface area contributed by atoms with Crippen LogP contribution in [0.5, 0.6) is 0 Å². The van der Waals surface area contributed by atoms with E-state index in [9.17, 15) is 13.2 Å². The lowest BCUT2D eigenvalue weighted by molar-refractivity contribution is 0.0532. The van der Waals surface area contributed by atoms with Crippen molar-refractivity contribution in [3.63, 3.8) is 0 Å². The lowest BCUT2D eigenvalue weighted by Gasteiger charge is -2.07. The van der Waals surface area contributed by atoms with Crippen LogP contribution in [0, 0.1) is 0 Å². The fraction of sp³-hybridized carbons (Fsp3) is 0.211. The largest absolute Gasteiger partial charge is 0.462 e. The van der Waals surface area contributed by atoms with Crippen LogP contribution in [0.15, 0.2) is 53.4 Å². The number of hydrogen-bond acceptors (Lipinski definition) is 5. The van der Waals surface area contributed by atoms with E-state index in [1.165, 1.54) is 23.5 Å². The van der Waals surface area contributed by atoms with Gasteiger partial charge in [0.05, 0.1) is 11.5 Å². The molecule has 27 heavy (non-hydrogen) atoms. The molecule has 142 valence electrons. The van der Waals surface area contributed by atoms with Gasteiger partial charge in [-0.15, -0.1) is 11.3 Å². The first-order valence-corrected chi connectivity index (χ1v) is 11.0. The molecule has 3 rings (SSSR count). The Morgan fingerprint density at radius 3 is 2.59 bits per heavy atom. The highest BCUT2D eigenvalue weighted by atomic mass is 35.5. The lowest BCUT2D eigenvalue weighted by Crippen LogP contribution is -2.25. The van der Waals surface area contributed by atoms with Crippen LogP contribution in [0.3, 0.4) is 0 Å². The van der Waals surface area contributed by atoms with Gasteiger partial charge in [0.15, 0.2) is 0 Å². The van der Waals surface area contributed by atoms with Gasteiger partial charge in [-0.2, -0.15) is 0 Å². The molecular formula is C19H18ClNO4S2. The number of thiophene rings is 1. The summed E-state index contributed by atoms with van der Waals surface area (Å²) in [5, 5.41) is 1.43. The van der Waals surface area contributed by atoms with E-state index in [-0.39, 0.29) is 17.4 Å². The fourth-order valence-electron chi connectivity index (χ4n) is 2.58. The molecule has 1 N–H and O–H groups in total. The summed E-state index contributed by atoms with van der Waals surface area (Å²) in [4.78, 5) is 12.6. The number of halogens is 1. The van der Waals surface area contributed by atoms with Crippen molar-refractivity contribution in [3.05, 3.63) is 64.0 Å². The quantitative estimate of drug-likeness (QED) is 0.576. The molecule has 0 bridgehead atoms. The van der Waals surface area contributed by atoms with Crippen molar-refractivity contribution in [3.8, 4) is 0 Å². The first-order chi connectivity index (χ1) is 12.9. The predicted molar refractivity (Wildman–Crippen MR) is 108 cm³/mol. The molecule has 0 amide bonds. The Labute approximate surface area is 167 Å². The topological polar surface area (TPSA) is 72.5 Å². The summed E-state index contributed by atoms with van der Waals surface area (Å²) in [6.45, 7) is 2.38. The molecule has 0 radical (unpaired) electrons. The summed E-state index contributed by atoms with van der Waals surface area (Å²) in [5.41, 5.74) is 0.981. The molecule has 0 atom stereocenters. The van der Waals surface area contributed by atoms with Crippen molar-refractivity contribution in [2.75, 3.05) is 13.2 Å². The standard InChI is InChI=1S/C19H18ClNO4S2/c1-2-25-19(22)18-12-14-11-13(3-8-17(14)26-18)9-10-21-27(23,24)16-6-4-15(20)5-7-16/h3-8,11-12,21H,2,9-10H2,1H3. The highest BCUT2D eigenvalue weighted by Gasteiger charge is 2.14. The third kappa shape index (κ3) is 4.87. The van der Waals surface area contributed by atoms with Gasteiger partial charge in [-0.25, -0.2) is 17.9 Å². The molecule has 1 aromatic heterocycles. The lowest BCUT2D eigenvalue weighted by atomic mass is 10.1. The molecule has 3 aromatic rings. The summed E-state index contributed by atoms with van der Waals surface area (Å²) in [6, 6.07) is 13.7. The minimum Gasteiger partial charge on any atom is -0.462 e. The monoisotopic (exact) mass is 423 g/mol. The number of fused-ring (bicyclic) bond motifs is 1. The second kappa shape index (κ2) is 8.39. The highest BCUT2D eigenvalue weighted by Crippen LogP contribution is 2.27. The molecule has 5 nitrogen and oxygen atoms in total. The SMILES string of the molecule is CCOC(=O)c1cc2cc(CCNS(=O)(=O)c3ccc(Cl)cc3)ccc2s1. The molecule has 0 saturated carbocycles. The van der Waals surface area contributed by atoms with E-state index in [1.54, 1.807) is 25.1 Å². The Kier molecular flexibility index (Phi) is 6.16. The van der Waals surface area contributed by atoms with Gasteiger partial charge in [0.2, 0.25) is 10.0 Å². The van der Waals surface area contributed by atoms with Gasteiger partial charge >= 0.3 is 5.97 Å². The zero-order valence-electron chi connectivity index (χ0n) is 14.6. The summed E-state index contributed by atoms with van der Waals surface area (Å²) in [6.07, 6.45) is 0.535. The zero-order valence-corrected chi connectivity index (χ0v) is 17.0. The average molecular weight is 424 g/mol. The molecule has 1 heterocycles. The van der Waals surface area contributed by atoms with Crippen LogP contribution in [0.25, 0.3) is 10.1 Å². The van der Waals surface area contributed by atoms with Gasteiger partial charge in [-0.05, 0) is 60.7 Å². The zero-order chi connectivity index (χ0) is 19.4. The first-order valence-electron chi connectivity index (χ1n) is 8.34. The molecule has 0 aliphatic carbocycles. The Bertz CT molecular complexity index is 1060. The van der Waals surface area contributed by atoms with Gasteiger partial charge in [0, 0.05) is 16.3 Å². The molecule has 0 spiro atoms. The number of ether oxygens (including phenoxy) is 1. The predicted octanol–water partition coefficient (Wildman–Crippen LogP) is 4.25. The Morgan fingerprint density at radius 2 is 1.89 bits per heavy atom. The molecular weight excluding hydrogens is 406 g/mol. The maximum atomic E-state index is 12.3. The van der Waals surface area contributed by atoms with Crippen LogP contribution in [0.2, 0.25) is 5.02 Å². The molecule has 0 unspecified atom stereocenters. The molecule has 0 saturated heterocycles. The van der Waals surface area contributed by atoms with Crippen LogP contribution in [0.1, 0.15) is 22.2 Å². The number of esters is 1. The molecule has 0 aliphatic rings. The highest BCUT2D eigenvalue weighted by molar-refractivity contribution is 7.89. The summed E-state index contributed by atoms with van der Waals surface area (Å²) in [7, 11) is -3.57. The van der Waals surface area contributed by atoms with Gasteiger partial charge < -0.3 is 4.74 Å². The van der Waals surface area contributed by atoms with Crippen LogP contribution in [-0.2, 0) is 21.2 Å². The summed E-state index contributed by atoms with van der Waals surface area (Å²) >= 11 is 7.17. The van der Waals surface area contributed by atoms with Crippen LogP contribution in [0.4, 0.5) is 0 Å². The Hall–Kier alpha value is -1.93.